The van der Waals surface area contributed by atoms with Crippen molar-refractivity contribution in [1.29, 1.82) is 0 Å². The van der Waals surface area contributed by atoms with Crippen molar-refractivity contribution in [3.8, 4) is 0 Å². The van der Waals surface area contributed by atoms with Gasteiger partial charge < -0.3 is 15.3 Å². The SMILES string of the molecule is NNc1ccccc1S(=O)(=O)N1CCOCC1CO. The standard InChI is InChI=1S/C11H17N3O4S/c12-13-10-3-1-2-4-11(10)19(16,17)14-5-6-18-8-9(14)7-15/h1-4,9,13,15H,5-8,12H2. The zero-order chi connectivity index (χ0) is 13.9. The molecular weight excluding hydrogens is 270 g/mol. The number of rotatable bonds is 4. The number of hydrogen-bond donors (Lipinski definition) is 3. The van der Waals surface area contributed by atoms with Crippen LogP contribution in [0.1, 0.15) is 0 Å². The summed E-state index contributed by atoms with van der Waals surface area (Å²) in [6, 6.07) is 5.82. The number of hydrogen-bond acceptors (Lipinski definition) is 6. The number of nitrogens with one attached hydrogen (secondary N) is 1. The molecule has 0 aromatic heterocycles. The van der Waals surface area contributed by atoms with Gasteiger partial charge >= 0.3 is 0 Å². The Morgan fingerprint density at radius 3 is 2.89 bits per heavy atom. The number of anilines is 1. The van der Waals surface area contributed by atoms with E-state index >= 15 is 0 Å². The summed E-state index contributed by atoms with van der Waals surface area (Å²) in [7, 11) is -3.72. The summed E-state index contributed by atoms with van der Waals surface area (Å²) in [5.41, 5.74) is 2.70. The number of nitrogens with zero attached hydrogens (tertiary/aromatic N) is 1. The number of aliphatic hydroxyl groups is 1. The molecule has 1 heterocycles. The molecule has 106 valence electrons. The lowest BCUT2D eigenvalue weighted by atomic mass is 10.3. The average molecular weight is 287 g/mol. The Bertz CT molecular complexity index is 534. The van der Waals surface area contributed by atoms with Crippen LogP contribution in [0.15, 0.2) is 29.2 Å². The third kappa shape index (κ3) is 2.72. The van der Waals surface area contributed by atoms with Crippen molar-refractivity contribution in [1.82, 2.24) is 4.31 Å². The highest BCUT2D eigenvalue weighted by molar-refractivity contribution is 7.89. The van der Waals surface area contributed by atoms with Crippen molar-refractivity contribution >= 4 is 15.7 Å². The number of hydrazine groups is 1. The predicted molar refractivity (Wildman–Crippen MR) is 69.8 cm³/mol. The van der Waals surface area contributed by atoms with E-state index in [1.165, 1.54) is 10.4 Å². The lowest BCUT2D eigenvalue weighted by Crippen LogP contribution is -2.50. The third-order valence-corrected chi connectivity index (χ3v) is 5.02. The number of benzene rings is 1. The van der Waals surface area contributed by atoms with E-state index < -0.39 is 16.1 Å². The lowest BCUT2D eigenvalue weighted by molar-refractivity contribution is 0.0109. The molecule has 4 N–H and O–H groups in total. The Labute approximate surface area is 112 Å². The molecule has 0 spiro atoms. The largest absolute Gasteiger partial charge is 0.395 e. The topological polar surface area (TPSA) is 105 Å². The van der Waals surface area contributed by atoms with Gasteiger partial charge in [-0.1, -0.05) is 12.1 Å². The van der Waals surface area contributed by atoms with E-state index in [1.54, 1.807) is 18.2 Å². The quantitative estimate of drug-likeness (QED) is 0.502. The van der Waals surface area contributed by atoms with Gasteiger partial charge in [-0.15, -0.1) is 0 Å². The first-order valence-electron chi connectivity index (χ1n) is 5.87. The molecule has 0 amide bonds. The Hall–Kier alpha value is -1.19. The predicted octanol–water partition coefficient (Wildman–Crippen LogP) is -0.646. The van der Waals surface area contributed by atoms with Gasteiger partial charge in [-0.2, -0.15) is 4.31 Å². The maximum absolute atomic E-state index is 12.6. The molecule has 0 radical (unpaired) electrons. The molecule has 2 rings (SSSR count). The summed E-state index contributed by atoms with van der Waals surface area (Å²) in [6.07, 6.45) is 0. The number of nitrogen functional groups attached to an aromatic ring is 1. The Kier molecular flexibility index (Phi) is 4.38. The number of ether oxygens (including phenoxy) is 1. The van der Waals surface area contributed by atoms with Crippen LogP contribution in [0.2, 0.25) is 0 Å². The average Bonchev–Trinajstić information content (AvgIpc) is 2.47. The molecule has 1 fully saturated rings. The van der Waals surface area contributed by atoms with Gasteiger partial charge in [-0.3, -0.25) is 5.84 Å². The van der Waals surface area contributed by atoms with Crippen LogP contribution in [0.25, 0.3) is 0 Å². The summed E-state index contributed by atoms with van der Waals surface area (Å²) in [6.45, 7) is 0.436. The van der Waals surface area contributed by atoms with E-state index in [1.807, 2.05) is 0 Å². The molecule has 0 saturated carbocycles. The molecule has 7 nitrogen and oxygen atoms in total. The summed E-state index contributed by atoms with van der Waals surface area (Å²) >= 11 is 0. The molecule has 1 saturated heterocycles. The summed E-state index contributed by atoms with van der Waals surface area (Å²) < 4.78 is 31.6. The number of sulfonamides is 1. The van der Waals surface area contributed by atoms with E-state index in [-0.39, 0.29) is 24.7 Å². The Morgan fingerprint density at radius 1 is 1.47 bits per heavy atom. The van der Waals surface area contributed by atoms with E-state index in [9.17, 15) is 13.5 Å². The number of nitrogens with two attached hydrogens (primary N) is 1. The van der Waals surface area contributed by atoms with Crippen LogP contribution in [-0.4, -0.2) is 50.2 Å². The van der Waals surface area contributed by atoms with Gasteiger partial charge in [0.25, 0.3) is 0 Å². The molecule has 19 heavy (non-hydrogen) atoms. The minimum absolute atomic E-state index is 0.0952. The first-order valence-corrected chi connectivity index (χ1v) is 7.31. The van der Waals surface area contributed by atoms with Crippen molar-refractivity contribution in [2.24, 2.45) is 5.84 Å². The van der Waals surface area contributed by atoms with Crippen LogP contribution < -0.4 is 11.3 Å². The molecule has 1 aromatic carbocycles. The van der Waals surface area contributed by atoms with E-state index in [2.05, 4.69) is 5.43 Å². The van der Waals surface area contributed by atoms with Crippen molar-refractivity contribution in [3.05, 3.63) is 24.3 Å². The van der Waals surface area contributed by atoms with Gasteiger partial charge in [0, 0.05) is 6.54 Å². The minimum Gasteiger partial charge on any atom is -0.395 e. The van der Waals surface area contributed by atoms with E-state index in [0.717, 1.165) is 0 Å². The summed E-state index contributed by atoms with van der Waals surface area (Å²) in [5, 5.41) is 9.27. The van der Waals surface area contributed by atoms with Crippen molar-refractivity contribution in [3.63, 3.8) is 0 Å². The van der Waals surface area contributed by atoms with Crippen LogP contribution in [0.3, 0.4) is 0 Å². The van der Waals surface area contributed by atoms with Crippen LogP contribution in [0.5, 0.6) is 0 Å². The monoisotopic (exact) mass is 287 g/mol. The first-order chi connectivity index (χ1) is 9.11. The zero-order valence-corrected chi connectivity index (χ0v) is 11.1. The van der Waals surface area contributed by atoms with Gasteiger partial charge in [-0.25, -0.2) is 8.42 Å². The molecule has 1 aliphatic rings. The van der Waals surface area contributed by atoms with Crippen molar-refractivity contribution in [2.75, 3.05) is 31.8 Å². The smallest absolute Gasteiger partial charge is 0.245 e. The third-order valence-electron chi connectivity index (χ3n) is 3.01. The zero-order valence-electron chi connectivity index (χ0n) is 10.3. The fraction of sp³-hybridized carbons (Fsp3) is 0.455. The van der Waals surface area contributed by atoms with Crippen LogP contribution >= 0.6 is 0 Å². The maximum atomic E-state index is 12.6. The number of morpholine rings is 1. The number of aliphatic hydroxyl groups excluding tert-OH is 1. The highest BCUT2D eigenvalue weighted by atomic mass is 32.2. The molecule has 1 aliphatic heterocycles. The van der Waals surface area contributed by atoms with Gasteiger partial charge in [0.1, 0.15) is 4.90 Å². The summed E-state index contributed by atoms with van der Waals surface area (Å²) in [5.74, 6) is 5.34. The molecule has 0 bridgehead atoms. The van der Waals surface area contributed by atoms with E-state index in [4.69, 9.17) is 10.6 Å². The van der Waals surface area contributed by atoms with Gasteiger partial charge in [0.05, 0.1) is 31.5 Å². The molecule has 1 atom stereocenters. The maximum Gasteiger partial charge on any atom is 0.245 e. The van der Waals surface area contributed by atoms with Crippen LogP contribution in [-0.2, 0) is 14.8 Å². The molecule has 1 unspecified atom stereocenters. The first kappa shape index (κ1) is 14.2. The number of para-hydroxylation sites is 1. The second-order valence-electron chi connectivity index (χ2n) is 4.17. The fourth-order valence-electron chi connectivity index (χ4n) is 2.04. The molecular formula is C11H17N3O4S. The Morgan fingerprint density at radius 2 is 2.21 bits per heavy atom. The minimum atomic E-state index is -3.72. The molecule has 1 aromatic rings. The van der Waals surface area contributed by atoms with Crippen LogP contribution in [0, 0.1) is 0 Å². The fourth-order valence-corrected chi connectivity index (χ4v) is 3.78. The van der Waals surface area contributed by atoms with Crippen molar-refractivity contribution in [2.45, 2.75) is 10.9 Å². The molecule has 8 heteroatoms. The van der Waals surface area contributed by atoms with E-state index in [0.29, 0.717) is 12.3 Å². The van der Waals surface area contributed by atoms with Gasteiger partial charge in [0.15, 0.2) is 0 Å². The highest BCUT2D eigenvalue weighted by Crippen LogP contribution is 2.26. The molecule has 0 aliphatic carbocycles. The Balaban J connectivity index is 2.40. The van der Waals surface area contributed by atoms with Crippen LogP contribution in [0.4, 0.5) is 5.69 Å². The van der Waals surface area contributed by atoms with Crippen molar-refractivity contribution < 1.29 is 18.3 Å². The second kappa shape index (κ2) is 5.85. The normalized spacial score (nSPS) is 21.3. The van der Waals surface area contributed by atoms with Gasteiger partial charge in [-0.05, 0) is 12.1 Å². The van der Waals surface area contributed by atoms with Gasteiger partial charge in [0.2, 0.25) is 10.0 Å². The highest BCUT2D eigenvalue weighted by Gasteiger charge is 2.34. The lowest BCUT2D eigenvalue weighted by Gasteiger charge is -2.33. The summed E-state index contributed by atoms with van der Waals surface area (Å²) in [4.78, 5) is 0.0952. The second-order valence-corrected chi connectivity index (χ2v) is 6.03.